The molecular weight excluding hydrogens is 356 g/mol. The Labute approximate surface area is 145 Å². The van der Waals surface area contributed by atoms with Gasteiger partial charge in [-0.25, -0.2) is 0 Å². The molecule has 0 saturated heterocycles. The standard InChI is InChI=1S/C16H10ClF2N3O3/c17-12-5-10(2-1-9(12)7-20)21-8-15(23)22-11-3-4-13-14(6-11)25-16(18,19)24-13/h1-6,21H,8H2,(H,22,23). The largest absolute Gasteiger partial charge is 0.586 e. The number of anilines is 2. The van der Waals surface area contributed by atoms with Gasteiger partial charge in [0.1, 0.15) is 6.07 Å². The lowest BCUT2D eigenvalue weighted by atomic mass is 10.2. The number of hydrogen-bond donors (Lipinski definition) is 2. The lowest BCUT2D eigenvalue weighted by Gasteiger charge is -2.09. The first kappa shape index (κ1) is 16.8. The number of alkyl halides is 2. The van der Waals surface area contributed by atoms with E-state index in [4.69, 9.17) is 16.9 Å². The molecule has 2 N–H and O–H groups in total. The van der Waals surface area contributed by atoms with E-state index >= 15 is 0 Å². The van der Waals surface area contributed by atoms with Gasteiger partial charge in [-0.15, -0.1) is 8.78 Å². The number of nitriles is 1. The molecular formula is C16H10ClF2N3O3. The molecule has 2 aromatic carbocycles. The molecule has 1 aliphatic heterocycles. The Morgan fingerprint density at radius 3 is 2.60 bits per heavy atom. The van der Waals surface area contributed by atoms with E-state index in [1.54, 1.807) is 6.07 Å². The molecule has 0 atom stereocenters. The Hall–Kier alpha value is -3.05. The first-order valence-electron chi connectivity index (χ1n) is 6.99. The maximum absolute atomic E-state index is 13.0. The minimum absolute atomic E-state index is 0.0904. The Balaban J connectivity index is 1.59. The highest BCUT2D eigenvalue weighted by molar-refractivity contribution is 6.32. The number of carbonyl (C=O) groups is 1. The van der Waals surface area contributed by atoms with Crippen LogP contribution in [0.25, 0.3) is 0 Å². The second-order valence-electron chi connectivity index (χ2n) is 5.04. The molecule has 1 heterocycles. The highest BCUT2D eigenvalue weighted by Gasteiger charge is 2.43. The average molecular weight is 366 g/mol. The second-order valence-corrected chi connectivity index (χ2v) is 5.44. The highest BCUT2D eigenvalue weighted by Crippen LogP contribution is 2.42. The van der Waals surface area contributed by atoms with Crippen LogP contribution in [0.15, 0.2) is 36.4 Å². The molecule has 128 valence electrons. The van der Waals surface area contributed by atoms with Crippen molar-refractivity contribution in [3.63, 3.8) is 0 Å². The Kier molecular flexibility index (Phi) is 4.33. The van der Waals surface area contributed by atoms with Crippen molar-refractivity contribution < 1.29 is 23.0 Å². The van der Waals surface area contributed by atoms with Crippen LogP contribution in [-0.2, 0) is 4.79 Å². The normalized spacial score (nSPS) is 13.8. The predicted molar refractivity (Wildman–Crippen MR) is 85.9 cm³/mol. The third kappa shape index (κ3) is 3.89. The Morgan fingerprint density at radius 2 is 1.88 bits per heavy atom. The number of benzene rings is 2. The van der Waals surface area contributed by atoms with Crippen LogP contribution in [0.2, 0.25) is 5.02 Å². The maximum atomic E-state index is 13.0. The molecule has 1 aliphatic rings. The van der Waals surface area contributed by atoms with Crippen LogP contribution in [-0.4, -0.2) is 18.7 Å². The third-order valence-corrected chi connectivity index (χ3v) is 3.54. The first-order chi connectivity index (χ1) is 11.9. The number of nitrogens with zero attached hydrogens (tertiary/aromatic N) is 1. The van der Waals surface area contributed by atoms with Crippen LogP contribution < -0.4 is 20.1 Å². The quantitative estimate of drug-likeness (QED) is 0.865. The van der Waals surface area contributed by atoms with Crippen LogP contribution in [0, 0.1) is 11.3 Å². The molecule has 0 aliphatic carbocycles. The van der Waals surface area contributed by atoms with Crippen LogP contribution >= 0.6 is 11.6 Å². The summed E-state index contributed by atoms with van der Waals surface area (Å²) in [4.78, 5) is 11.9. The molecule has 9 heteroatoms. The predicted octanol–water partition coefficient (Wildman–Crippen LogP) is 3.58. The van der Waals surface area contributed by atoms with Crippen molar-refractivity contribution >= 4 is 28.9 Å². The zero-order valence-corrected chi connectivity index (χ0v) is 13.2. The monoisotopic (exact) mass is 365 g/mol. The fraction of sp³-hybridized carbons (Fsp3) is 0.125. The number of ether oxygens (including phenoxy) is 2. The van der Waals surface area contributed by atoms with Crippen molar-refractivity contribution in [3.8, 4) is 17.6 Å². The van der Waals surface area contributed by atoms with Gasteiger partial charge in [-0.1, -0.05) is 11.6 Å². The second kappa shape index (κ2) is 6.45. The summed E-state index contributed by atoms with van der Waals surface area (Å²) in [5, 5.41) is 14.5. The molecule has 6 nitrogen and oxygen atoms in total. The zero-order valence-electron chi connectivity index (χ0n) is 12.5. The molecule has 0 unspecified atom stereocenters. The minimum Gasteiger partial charge on any atom is -0.395 e. The van der Waals surface area contributed by atoms with Gasteiger partial charge in [-0.2, -0.15) is 5.26 Å². The van der Waals surface area contributed by atoms with Gasteiger partial charge in [0, 0.05) is 17.4 Å². The molecule has 0 aromatic heterocycles. The van der Waals surface area contributed by atoms with Gasteiger partial charge in [-0.05, 0) is 30.3 Å². The van der Waals surface area contributed by atoms with Gasteiger partial charge in [0.25, 0.3) is 0 Å². The van der Waals surface area contributed by atoms with Crippen LogP contribution in [0.1, 0.15) is 5.56 Å². The molecule has 25 heavy (non-hydrogen) atoms. The zero-order chi connectivity index (χ0) is 18.0. The van der Waals surface area contributed by atoms with Crippen LogP contribution in [0.3, 0.4) is 0 Å². The summed E-state index contributed by atoms with van der Waals surface area (Å²) in [6.45, 7) is -0.0904. The van der Waals surface area contributed by atoms with E-state index in [2.05, 4.69) is 20.1 Å². The van der Waals surface area contributed by atoms with E-state index in [9.17, 15) is 13.6 Å². The topological polar surface area (TPSA) is 83.4 Å². The van der Waals surface area contributed by atoms with Gasteiger partial charge < -0.3 is 20.1 Å². The summed E-state index contributed by atoms with van der Waals surface area (Å²) >= 11 is 5.90. The van der Waals surface area contributed by atoms with Crippen molar-refractivity contribution in [3.05, 3.63) is 47.0 Å². The van der Waals surface area contributed by atoms with Gasteiger partial charge >= 0.3 is 6.29 Å². The van der Waals surface area contributed by atoms with Gasteiger partial charge in [0.15, 0.2) is 11.5 Å². The smallest absolute Gasteiger partial charge is 0.395 e. The number of rotatable bonds is 4. The number of halogens is 3. The lowest BCUT2D eigenvalue weighted by molar-refractivity contribution is -0.286. The number of hydrogen-bond acceptors (Lipinski definition) is 5. The minimum atomic E-state index is -3.71. The lowest BCUT2D eigenvalue weighted by Crippen LogP contribution is -2.25. The fourth-order valence-electron chi connectivity index (χ4n) is 2.13. The van der Waals surface area contributed by atoms with Crippen molar-refractivity contribution in [1.82, 2.24) is 0 Å². The number of carbonyl (C=O) groups excluding carboxylic acids is 1. The molecule has 0 bridgehead atoms. The summed E-state index contributed by atoms with van der Waals surface area (Å²) in [6.07, 6.45) is -3.71. The van der Waals surface area contributed by atoms with Crippen molar-refractivity contribution in [2.45, 2.75) is 6.29 Å². The molecule has 0 radical (unpaired) electrons. The molecule has 0 fully saturated rings. The summed E-state index contributed by atoms with van der Waals surface area (Å²) in [6, 6.07) is 10.5. The van der Waals surface area contributed by atoms with Crippen molar-refractivity contribution in [2.75, 3.05) is 17.2 Å². The van der Waals surface area contributed by atoms with Crippen molar-refractivity contribution in [1.29, 1.82) is 5.26 Å². The van der Waals surface area contributed by atoms with Gasteiger partial charge in [-0.3, -0.25) is 4.79 Å². The van der Waals surface area contributed by atoms with Crippen LogP contribution in [0.4, 0.5) is 20.2 Å². The van der Waals surface area contributed by atoms with E-state index in [1.807, 2.05) is 6.07 Å². The third-order valence-electron chi connectivity index (χ3n) is 3.23. The van der Waals surface area contributed by atoms with Crippen LogP contribution in [0.5, 0.6) is 11.5 Å². The Bertz CT molecular complexity index is 883. The SMILES string of the molecule is N#Cc1ccc(NCC(=O)Nc2ccc3c(c2)OC(F)(F)O3)cc1Cl. The summed E-state index contributed by atoms with van der Waals surface area (Å²) < 4.78 is 34.5. The molecule has 3 rings (SSSR count). The summed E-state index contributed by atoms with van der Waals surface area (Å²) in [5.74, 6) is -0.672. The molecule has 2 aromatic rings. The van der Waals surface area contributed by atoms with Crippen molar-refractivity contribution in [2.24, 2.45) is 0 Å². The molecule has 1 amide bonds. The number of fused-ring (bicyclic) bond motifs is 1. The fourth-order valence-corrected chi connectivity index (χ4v) is 2.35. The van der Waals surface area contributed by atoms with E-state index < -0.39 is 12.2 Å². The van der Waals surface area contributed by atoms with Gasteiger partial charge in [0.05, 0.1) is 17.1 Å². The van der Waals surface area contributed by atoms with Gasteiger partial charge in [0.2, 0.25) is 5.91 Å². The number of nitrogens with one attached hydrogen (secondary N) is 2. The summed E-state index contributed by atoms with van der Waals surface area (Å²) in [5.41, 5.74) is 1.17. The van der Waals surface area contributed by atoms with E-state index in [1.165, 1.54) is 30.3 Å². The average Bonchev–Trinajstić information content (AvgIpc) is 2.86. The molecule has 0 saturated carbocycles. The van der Waals surface area contributed by atoms with E-state index in [-0.39, 0.29) is 28.8 Å². The summed E-state index contributed by atoms with van der Waals surface area (Å²) in [7, 11) is 0. The molecule has 0 spiro atoms. The number of amides is 1. The van der Waals surface area contributed by atoms with E-state index in [0.29, 0.717) is 11.3 Å². The Morgan fingerprint density at radius 1 is 1.16 bits per heavy atom. The highest BCUT2D eigenvalue weighted by atomic mass is 35.5. The van der Waals surface area contributed by atoms with E-state index in [0.717, 1.165) is 0 Å². The first-order valence-corrected chi connectivity index (χ1v) is 7.37. The maximum Gasteiger partial charge on any atom is 0.586 e.